The van der Waals surface area contributed by atoms with Crippen molar-refractivity contribution in [3.8, 4) is 0 Å². The van der Waals surface area contributed by atoms with Crippen LogP contribution in [0.5, 0.6) is 0 Å². The quantitative estimate of drug-likeness (QED) is 0.281. The van der Waals surface area contributed by atoms with Crippen LogP contribution in [-0.2, 0) is 11.0 Å². The summed E-state index contributed by atoms with van der Waals surface area (Å²) in [4.78, 5) is 24.2. The summed E-state index contributed by atoms with van der Waals surface area (Å²) in [5.41, 5.74) is -4.35. The van der Waals surface area contributed by atoms with Crippen molar-refractivity contribution in [2.45, 2.75) is 44.3 Å². The average molecular weight is 653 g/mol. The van der Waals surface area contributed by atoms with Crippen molar-refractivity contribution in [2.24, 2.45) is 0 Å². The summed E-state index contributed by atoms with van der Waals surface area (Å²) in [6.07, 6.45) is -12.3. The van der Waals surface area contributed by atoms with Crippen LogP contribution >= 0.6 is 23.2 Å². The van der Waals surface area contributed by atoms with Gasteiger partial charge < -0.3 is 10.6 Å². The minimum Gasteiger partial charge on any atom is -0.345 e. The highest BCUT2D eigenvalue weighted by molar-refractivity contribution is 6.37. The van der Waals surface area contributed by atoms with E-state index in [1.807, 2.05) is 0 Å². The van der Waals surface area contributed by atoms with Crippen LogP contribution in [0.3, 0.4) is 0 Å². The highest BCUT2D eigenvalue weighted by Gasteiger charge is 2.41. The summed E-state index contributed by atoms with van der Waals surface area (Å²) in [5.74, 6) is -7.36. The van der Waals surface area contributed by atoms with E-state index < -0.39 is 76.9 Å². The molecule has 0 spiro atoms. The Morgan fingerprint density at radius 3 is 2.00 bits per heavy atom. The zero-order valence-corrected chi connectivity index (χ0v) is 22.8. The van der Waals surface area contributed by atoms with Gasteiger partial charge in [0.1, 0.15) is 24.3 Å². The van der Waals surface area contributed by atoms with Crippen molar-refractivity contribution in [3.05, 3.63) is 80.3 Å². The molecule has 0 saturated heterocycles. The minimum atomic E-state index is -5.34. The lowest BCUT2D eigenvalue weighted by Crippen LogP contribution is -2.47. The zero-order valence-electron chi connectivity index (χ0n) is 21.3. The van der Waals surface area contributed by atoms with E-state index in [2.05, 4.69) is 0 Å². The first-order valence-electron chi connectivity index (χ1n) is 11.6. The molecule has 16 heteroatoms. The maximum Gasteiger partial charge on any atom is 0.417 e. The second kappa shape index (κ2) is 13.4. The van der Waals surface area contributed by atoms with Crippen LogP contribution in [0.4, 0.5) is 43.9 Å². The predicted octanol–water partition coefficient (Wildman–Crippen LogP) is 8.50. The lowest BCUT2D eigenvalue weighted by molar-refractivity contribution is -0.140. The predicted molar refractivity (Wildman–Crippen MR) is 136 cm³/mol. The van der Waals surface area contributed by atoms with Crippen LogP contribution in [0.15, 0.2) is 42.5 Å². The Labute approximate surface area is 242 Å². The van der Waals surface area contributed by atoms with E-state index in [0.717, 1.165) is 19.1 Å². The molecular weight excluding hydrogens is 633 g/mol. The number of hydrogen-bond acceptors (Lipinski definition) is 2. The summed E-state index contributed by atoms with van der Waals surface area (Å²) in [7, 11) is 0. The second-order valence-electron chi connectivity index (χ2n) is 8.72. The number of allylic oxidation sites excluding steroid dienone is 2. The van der Waals surface area contributed by atoms with Gasteiger partial charge in [-0.15, -0.1) is 0 Å². The van der Waals surface area contributed by atoms with Gasteiger partial charge in [0.05, 0.1) is 11.1 Å². The van der Waals surface area contributed by atoms with Gasteiger partial charge in [-0.3, -0.25) is 9.59 Å². The lowest BCUT2D eigenvalue weighted by atomic mass is 9.94. The van der Waals surface area contributed by atoms with E-state index in [9.17, 15) is 49.1 Å². The first-order valence-corrected chi connectivity index (χ1v) is 12.3. The Morgan fingerprint density at radius 1 is 0.952 bits per heavy atom. The van der Waals surface area contributed by atoms with E-state index in [-0.39, 0.29) is 27.8 Å². The molecule has 4 nitrogen and oxygen atoms in total. The van der Waals surface area contributed by atoms with E-state index in [1.165, 1.54) is 17.5 Å². The highest BCUT2D eigenvalue weighted by atomic mass is 35.5. The molecule has 230 valence electrons. The molecule has 2 N–H and O–H groups in total. The van der Waals surface area contributed by atoms with Gasteiger partial charge in [-0.1, -0.05) is 41.4 Å². The first kappa shape index (κ1) is 34.9. The fourth-order valence-electron chi connectivity index (χ4n) is 3.54. The van der Waals surface area contributed by atoms with Crippen LogP contribution in [-0.4, -0.2) is 36.8 Å². The van der Waals surface area contributed by atoms with Crippen molar-refractivity contribution >= 4 is 46.9 Å². The first-order chi connectivity index (χ1) is 19.2. The Balaban J connectivity index is 2.48. The van der Waals surface area contributed by atoms with Crippen molar-refractivity contribution in [1.29, 1.82) is 0 Å². The number of alkyl halides is 9. The summed E-state index contributed by atoms with van der Waals surface area (Å²) < 4.78 is 135. The molecule has 0 aliphatic rings. The molecule has 2 aromatic carbocycles. The van der Waals surface area contributed by atoms with Gasteiger partial charge >= 0.3 is 18.5 Å². The van der Waals surface area contributed by atoms with Gasteiger partial charge in [-0.2, -0.15) is 39.5 Å². The molecule has 2 atom stereocenters. The Morgan fingerprint density at radius 2 is 1.52 bits per heavy atom. The standard InChI is InChI=1S/C26H20Cl2F10N2O2/c1-3-4-16-19(27)8-14(9-20(16)28)17(25(33,34)35)10-21(29)13-5-6-15(18(7-13)26(36,37)38)23(42)40-12(2)22(41)39-11-24(30,31)32/h3-10,12,17H,11H2,1-2H3,(H,39,41)(H,40,42)/b4-3+,21-10-/t12-,17-/m1/s1. The summed E-state index contributed by atoms with van der Waals surface area (Å²) in [6, 6.07) is 1.16. The number of carbonyl (C=O) groups excluding carboxylic acids is 2. The van der Waals surface area contributed by atoms with Crippen molar-refractivity contribution in [1.82, 2.24) is 10.6 Å². The molecule has 0 aliphatic carbocycles. The summed E-state index contributed by atoms with van der Waals surface area (Å²) >= 11 is 12.0. The molecule has 0 heterocycles. The Kier molecular flexibility index (Phi) is 11.1. The molecule has 0 unspecified atom stereocenters. The van der Waals surface area contributed by atoms with Crippen molar-refractivity contribution < 1.29 is 53.5 Å². The maximum atomic E-state index is 15.1. The normalized spacial score (nSPS) is 14.6. The van der Waals surface area contributed by atoms with E-state index in [4.69, 9.17) is 23.2 Å². The van der Waals surface area contributed by atoms with Crippen LogP contribution in [0, 0.1) is 0 Å². The number of rotatable bonds is 8. The van der Waals surface area contributed by atoms with Crippen LogP contribution in [0.25, 0.3) is 11.9 Å². The number of amides is 2. The number of benzene rings is 2. The summed E-state index contributed by atoms with van der Waals surface area (Å²) in [6.45, 7) is 0.725. The number of halogens is 12. The molecule has 2 amide bonds. The molecule has 0 fully saturated rings. The molecule has 2 aromatic rings. The van der Waals surface area contributed by atoms with Crippen molar-refractivity contribution in [3.63, 3.8) is 0 Å². The molecule has 0 radical (unpaired) electrons. The maximum absolute atomic E-state index is 15.1. The molecule has 42 heavy (non-hydrogen) atoms. The minimum absolute atomic E-state index is 0.0135. The average Bonchev–Trinajstić information content (AvgIpc) is 2.85. The zero-order chi connectivity index (χ0) is 32.2. The summed E-state index contributed by atoms with van der Waals surface area (Å²) in [5, 5.41) is 2.83. The van der Waals surface area contributed by atoms with Gasteiger partial charge in [0, 0.05) is 21.2 Å². The third-order valence-corrected chi connectivity index (χ3v) is 6.13. The second-order valence-corrected chi connectivity index (χ2v) is 9.53. The number of hydrogen-bond donors (Lipinski definition) is 2. The molecular formula is C26H20Cl2F10N2O2. The van der Waals surface area contributed by atoms with Gasteiger partial charge in [-0.25, -0.2) is 4.39 Å². The highest BCUT2D eigenvalue weighted by Crippen LogP contribution is 2.42. The molecule has 0 aromatic heterocycles. The number of nitrogens with one attached hydrogen (secondary N) is 2. The topological polar surface area (TPSA) is 58.2 Å². The van der Waals surface area contributed by atoms with Gasteiger partial charge in [0.25, 0.3) is 5.91 Å². The Hall–Kier alpha value is -3.26. The third kappa shape index (κ3) is 9.38. The molecule has 0 bridgehead atoms. The smallest absolute Gasteiger partial charge is 0.345 e. The SMILES string of the molecule is C/C=C/c1c(Cl)cc([C@@H](/C=C(\F)c2ccc(C(=O)N[C@H](C)C(=O)NCC(F)(F)F)c(C(F)(F)F)c2)C(F)(F)F)cc1Cl. The van der Waals surface area contributed by atoms with Gasteiger partial charge in [0.2, 0.25) is 5.91 Å². The van der Waals surface area contributed by atoms with Crippen LogP contribution in [0.1, 0.15) is 52.4 Å². The Bertz CT molecular complexity index is 1360. The largest absolute Gasteiger partial charge is 0.417 e. The van der Waals surface area contributed by atoms with Crippen LogP contribution in [0.2, 0.25) is 10.0 Å². The number of carbonyl (C=O) groups is 2. The van der Waals surface area contributed by atoms with Crippen LogP contribution < -0.4 is 10.6 Å². The van der Waals surface area contributed by atoms with Crippen molar-refractivity contribution in [2.75, 3.05) is 6.54 Å². The van der Waals surface area contributed by atoms with E-state index >= 15 is 4.39 Å². The van der Waals surface area contributed by atoms with E-state index in [1.54, 1.807) is 12.2 Å². The van der Waals surface area contributed by atoms with E-state index in [0.29, 0.717) is 12.1 Å². The fourth-order valence-corrected chi connectivity index (χ4v) is 4.17. The molecule has 0 aliphatic heterocycles. The monoisotopic (exact) mass is 652 g/mol. The lowest BCUT2D eigenvalue weighted by Gasteiger charge is -2.20. The third-order valence-electron chi connectivity index (χ3n) is 5.51. The van der Waals surface area contributed by atoms with Gasteiger partial charge in [-0.05, 0) is 49.8 Å². The molecule has 2 rings (SSSR count). The van der Waals surface area contributed by atoms with Gasteiger partial charge in [0.15, 0.2) is 0 Å². The fraction of sp³-hybridized carbons (Fsp3) is 0.308. The molecule has 0 saturated carbocycles.